The Labute approximate surface area is 288 Å². The van der Waals surface area contributed by atoms with Crippen LogP contribution in [0, 0.1) is 0 Å². The van der Waals surface area contributed by atoms with Gasteiger partial charge in [-0.2, -0.15) is 0 Å². The summed E-state index contributed by atoms with van der Waals surface area (Å²) in [6, 6.07) is 38.1. The van der Waals surface area contributed by atoms with Crippen LogP contribution in [0.15, 0.2) is 144 Å². The van der Waals surface area contributed by atoms with E-state index in [9.17, 15) is 24.3 Å². The summed E-state index contributed by atoms with van der Waals surface area (Å²) in [7, 11) is 0. The molecule has 0 aromatic heterocycles. The largest absolute Gasteiger partial charge is 0.493 e. The molecule has 0 fully saturated rings. The molecule has 0 heterocycles. The number of carboxylic acids is 1. The van der Waals surface area contributed by atoms with E-state index in [2.05, 4.69) is 16.0 Å². The molecular weight excluding hydrogens is 639 g/mol. The highest BCUT2D eigenvalue weighted by Gasteiger charge is 2.23. The molecule has 1 unspecified atom stereocenters. The Bertz CT molecular complexity index is 1950. The monoisotopic (exact) mass is 671 g/mol. The van der Waals surface area contributed by atoms with Crippen LogP contribution in [0.1, 0.15) is 44.0 Å². The third-order valence-electron chi connectivity index (χ3n) is 7.15. The van der Waals surface area contributed by atoms with Crippen LogP contribution in [0.25, 0.3) is 6.08 Å². The topological polar surface area (TPSA) is 134 Å². The molecule has 4 N–H and O–H groups in total. The summed E-state index contributed by atoms with van der Waals surface area (Å²) in [5, 5.41) is 17.0. The molecule has 0 saturated heterocycles. The molecule has 0 aliphatic heterocycles. The summed E-state index contributed by atoms with van der Waals surface area (Å²) >= 11 is 1.32. The summed E-state index contributed by atoms with van der Waals surface area (Å²) in [5.74, 6) is -1.74. The average Bonchev–Trinajstić information content (AvgIpc) is 3.12. The van der Waals surface area contributed by atoms with Crippen LogP contribution in [0.3, 0.4) is 0 Å². The number of anilines is 2. The number of aromatic carboxylic acids is 1. The van der Waals surface area contributed by atoms with Crippen molar-refractivity contribution in [1.29, 1.82) is 0 Å². The zero-order valence-electron chi connectivity index (χ0n) is 26.5. The van der Waals surface area contributed by atoms with Gasteiger partial charge in [0.1, 0.15) is 16.7 Å². The Hall–Kier alpha value is -6.13. The number of rotatable bonds is 13. The lowest BCUT2D eigenvalue weighted by atomic mass is 10.1. The predicted molar refractivity (Wildman–Crippen MR) is 192 cm³/mol. The number of benzene rings is 5. The summed E-state index contributed by atoms with van der Waals surface area (Å²) in [5.41, 5.74) is 2.90. The van der Waals surface area contributed by atoms with Crippen LogP contribution in [0.2, 0.25) is 0 Å². The average molecular weight is 672 g/mol. The smallest absolute Gasteiger partial charge is 0.335 e. The number of carbonyl (C=O) groups is 4. The van der Waals surface area contributed by atoms with Crippen molar-refractivity contribution in [2.75, 3.05) is 17.2 Å². The molecule has 246 valence electrons. The molecule has 0 saturated carbocycles. The van der Waals surface area contributed by atoms with Crippen LogP contribution in [0.4, 0.5) is 11.4 Å². The van der Waals surface area contributed by atoms with Crippen molar-refractivity contribution in [2.45, 2.75) is 17.1 Å². The van der Waals surface area contributed by atoms with Gasteiger partial charge in [-0.15, -0.1) is 11.8 Å². The fourth-order valence-electron chi connectivity index (χ4n) is 4.74. The molecule has 49 heavy (non-hydrogen) atoms. The number of amides is 3. The number of hydrogen-bond donors (Lipinski definition) is 4. The third kappa shape index (κ3) is 9.46. The molecule has 0 bridgehead atoms. The minimum absolute atomic E-state index is 0.0247. The molecular formula is C39H33N3O6S. The zero-order chi connectivity index (χ0) is 34.6. The molecule has 3 amide bonds. The zero-order valence-corrected chi connectivity index (χ0v) is 27.3. The first-order valence-electron chi connectivity index (χ1n) is 15.4. The SMILES string of the molecule is CCOc1ccccc1/C=C(\NC(=O)c1ccccc1)C(=O)Nc1ccc(SC(C(=O)Nc2ccc(C(=O)O)cc2)c2ccccc2)cc1. The van der Waals surface area contributed by atoms with E-state index in [0.717, 1.165) is 10.5 Å². The Kier molecular flexibility index (Phi) is 11.6. The van der Waals surface area contributed by atoms with Crippen molar-refractivity contribution in [3.8, 4) is 5.75 Å². The quantitative estimate of drug-likeness (QED) is 0.0746. The molecule has 5 rings (SSSR count). The first-order valence-corrected chi connectivity index (χ1v) is 16.3. The van der Waals surface area contributed by atoms with Gasteiger partial charge in [0.2, 0.25) is 5.91 Å². The highest BCUT2D eigenvalue weighted by atomic mass is 32.2. The van der Waals surface area contributed by atoms with Gasteiger partial charge in [0.05, 0.1) is 12.2 Å². The Morgan fingerprint density at radius 2 is 1.31 bits per heavy atom. The van der Waals surface area contributed by atoms with E-state index in [1.165, 1.54) is 23.9 Å². The van der Waals surface area contributed by atoms with Gasteiger partial charge in [-0.05, 0) is 85.3 Å². The highest BCUT2D eigenvalue weighted by molar-refractivity contribution is 8.00. The van der Waals surface area contributed by atoms with E-state index >= 15 is 0 Å². The minimum Gasteiger partial charge on any atom is -0.493 e. The van der Waals surface area contributed by atoms with Crippen molar-refractivity contribution in [2.24, 2.45) is 0 Å². The molecule has 0 spiro atoms. The fraction of sp³-hybridized carbons (Fsp3) is 0.0769. The Balaban J connectivity index is 1.34. The van der Waals surface area contributed by atoms with E-state index in [0.29, 0.717) is 34.9 Å². The molecule has 1 atom stereocenters. The second kappa shape index (κ2) is 16.6. The van der Waals surface area contributed by atoms with Gasteiger partial charge in [-0.25, -0.2) is 4.79 Å². The molecule has 9 nitrogen and oxygen atoms in total. The standard InChI is InChI=1S/C39H33N3O6S/c1-2-48-34-16-10-9-15-29(34)25-33(42-36(43)27-13-7-4-8-14-27)37(44)40-31-21-23-32(24-22-31)49-35(26-11-5-3-6-12-26)38(45)41-30-19-17-28(18-20-30)39(46)47/h3-25,35H,2H2,1H3,(H,40,44)(H,41,45)(H,42,43)(H,46,47)/b33-25-. The van der Waals surface area contributed by atoms with Gasteiger partial charge < -0.3 is 25.8 Å². The van der Waals surface area contributed by atoms with Crippen molar-refractivity contribution in [3.05, 3.63) is 161 Å². The van der Waals surface area contributed by atoms with Gasteiger partial charge in [0, 0.05) is 27.4 Å². The van der Waals surface area contributed by atoms with Crippen molar-refractivity contribution < 1.29 is 29.0 Å². The number of ether oxygens (including phenoxy) is 1. The fourth-order valence-corrected chi connectivity index (χ4v) is 5.77. The lowest BCUT2D eigenvalue weighted by Crippen LogP contribution is -2.30. The maximum atomic E-state index is 13.6. The van der Waals surface area contributed by atoms with Crippen LogP contribution in [-0.4, -0.2) is 35.4 Å². The van der Waals surface area contributed by atoms with E-state index in [-0.39, 0.29) is 17.2 Å². The summed E-state index contributed by atoms with van der Waals surface area (Å²) in [4.78, 5) is 52.1. The summed E-state index contributed by atoms with van der Waals surface area (Å²) in [6.45, 7) is 2.29. The van der Waals surface area contributed by atoms with Gasteiger partial charge in [0.15, 0.2) is 0 Å². The summed E-state index contributed by atoms with van der Waals surface area (Å²) < 4.78 is 5.72. The number of hydrogen-bond acceptors (Lipinski definition) is 6. The van der Waals surface area contributed by atoms with Crippen molar-refractivity contribution >= 4 is 52.9 Å². The summed E-state index contributed by atoms with van der Waals surface area (Å²) in [6.07, 6.45) is 1.57. The Morgan fingerprint density at radius 1 is 0.714 bits per heavy atom. The number of nitrogens with one attached hydrogen (secondary N) is 3. The third-order valence-corrected chi connectivity index (χ3v) is 8.42. The van der Waals surface area contributed by atoms with Gasteiger partial charge in [-0.3, -0.25) is 14.4 Å². The number of carboxylic acid groups (broad SMARTS) is 1. The number of thioether (sulfide) groups is 1. The van der Waals surface area contributed by atoms with Crippen LogP contribution in [0.5, 0.6) is 5.75 Å². The second-order valence-electron chi connectivity index (χ2n) is 10.6. The molecule has 5 aromatic rings. The van der Waals surface area contributed by atoms with Gasteiger partial charge in [-0.1, -0.05) is 66.7 Å². The molecule has 0 aliphatic carbocycles. The van der Waals surface area contributed by atoms with E-state index < -0.39 is 23.0 Å². The van der Waals surface area contributed by atoms with E-state index in [1.807, 2.05) is 49.4 Å². The first-order chi connectivity index (χ1) is 23.8. The maximum absolute atomic E-state index is 13.6. The maximum Gasteiger partial charge on any atom is 0.335 e. The van der Waals surface area contributed by atoms with Crippen LogP contribution >= 0.6 is 11.8 Å². The Morgan fingerprint density at radius 3 is 1.96 bits per heavy atom. The lowest BCUT2D eigenvalue weighted by molar-refractivity contribution is -0.116. The first kappa shape index (κ1) is 34.2. The lowest BCUT2D eigenvalue weighted by Gasteiger charge is -2.18. The van der Waals surface area contributed by atoms with Gasteiger partial charge >= 0.3 is 5.97 Å². The molecule has 0 aliphatic rings. The molecule has 10 heteroatoms. The highest BCUT2D eigenvalue weighted by Crippen LogP contribution is 2.37. The van der Waals surface area contributed by atoms with E-state index in [1.54, 1.807) is 84.9 Å². The minimum atomic E-state index is -1.05. The number of carbonyl (C=O) groups excluding carboxylic acids is 3. The van der Waals surface area contributed by atoms with Crippen LogP contribution in [-0.2, 0) is 9.59 Å². The molecule has 0 radical (unpaired) electrons. The normalized spacial score (nSPS) is 11.6. The van der Waals surface area contributed by atoms with Gasteiger partial charge in [0.25, 0.3) is 11.8 Å². The van der Waals surface area contributed by atoms with Crippen molar-refractivity contribution in [1.82, 2.24) is 5.32 Å². The molecule has 5 aromatic carbocycles. The second-order valence-corrected chi connectivity index (χ2v) is 11.8. The van der Waals surface area contributed by atoms with Crippen LogP contribution < -0.4 is 20.7 Å². The predicted octanol–water partition coefficient (Wildman–Crippen LogP) is 7.67. The van der Waals surface area contributed by atoms with E-state index in [4.69, 9.17) is 4.74 Å². The number of para-hydroxylation sites is 1. The van der Waals surface area contributed by atoms with Crippen molar-refractivity contribution in [3.63, 3.8) is 0 Å².